The van der Waals surface area contributed by atoms with Gasteiger partial charge in [-0.1, -0.05) is 0 Å². The maximum Gasteiger partial charge on any atom is 0.309 e. The number of hydrogen-bond donors (Lipinski definition) is 2. The van der Waals surface area contributed by atoms with E-state index in [1.165, 1.54) is 11.3 Å². The molecule has 0 radical (unpaired) electrons. The van der Waals surface area contributed by atoms with Gasteiger partial charge in [0.15, 0.2) is 0 Å². The van der Waals surface area contributed by atoms with E-state index in [2.05, 4.69) is 10.3 Å². The summed E-state index contributed by atoms with van der Waals surface area (Å²) in [5, 5.41) is 13.7. The molecule has 7 heteroatoms. The second-order valence-corrected chi connectivity index (χ2v) is 5.20. The highest BCUT2D eigenvalue weighted by Gasteiger charge is 2.10. The highest BCUT2D eigenvalue weighted by atomic mass is 32.1. The van der Waals surface area contributed by atoms with Crippen molar-refractivity contribution >= 4 is 28.9 Å². The van der Waals surface area contributed by atoms with Crippen LogP contribution in [-0.2, 0) is 22.4 Å². The molecule has 0 aliphatic carbocycles. The van der Waals surface area contributed by atoms with Crippen molar-refractivity contribution in [2.75, 3.05) is 12.4 Å². The number of aromatic nitrogens is 1. The molecule has 2 N–H and O–H groups in total. The van der Waals surface area contributed by atoms with E-state index in [1.54, 1.807) is 36.8 Å². The minimum atomic E-state index is -0.936. The van der Waals surface area contributed by atoms with Gasteiger partial charge in [-0.25, -0.2) is 4.98 Å². The largest absolute Gasteiger partial charge is 0.497 e. The van der Waals surface area contributed by atoms with E-state index < -0.39 is 5.97 Å². The van der Waals surface area contributed by atoms with Gasteiger partial charge in [-0.15, -0.1) is 11.3 Å². The summed E-state index contributed by atoms with van der Waals surface area (Å²) < 4.78 is 5.04. The van der Waals surface area contributed by atoms with Crippen LogP contribution < -0.4 is 10.1 Å². The highest BCUT2D eigenvalue weighted by Crippen LogP contribution is 2.16. The lowest BCUT2D eigenvalue weighted by Gasteiger charge is -2.05. The van der Waals surface area contributed by atoms with Gasteiger partial charge in [-0.2, -0.15) is 0 Å². The van der Waals surface area contributed by atoms with Crippen molar-refractivity contribution in [3.8, 4) is 5.75 Å². The first-order valence-corrected chi connectivity index (χ1v) is 7.04. The van der Waals surface area contributed by atoms with Crippen molar-refractivity contribution in [2.45, 2.75) is 12.8 Å². The maximum atomic E-state index is 11.9. The summed E-state index contributed by atoms with van der Waals surface area (Å²) in [4.78, 5) is 26.6. The van der Waals surface area contributed by atoms with Crippen LogP contribution in [0.25, 0.3) is 0 Å². The number of rotatable bonds is 6. The second kappa shape index (κ2) is 6.85. The second-order valence-electron chi connectivity index (χ2n) is 4.26. The van der Waals surface area contributed by atoms with E-state index in [9.17, 15) is 9.59 Å². The third kappa shape index (κ3) is 4.57. The number of aliphatic carboxylic acids is 1. The molecule has 2 rings (SSSR count). The number of ether oxygens (including phenoxy) is 1. The fourth-order valence-corrected chi connectivity index (χ4v) is 2.48. The molecule has 2 aromatic rings. The maximum absolute atomic E-state index is 11.9. The molecule has 1 aromatic carbocycles. The van der Waals surface area contributed by atoms with Crippen molar-refractivity contribution < 1.29 is 19.4 Å². The summed E-state index contributed by atoms with van der Waals surface area (Å²) in [6.45, 7) is 0. The Kier molecular flexibility index (Phi) is 4.89. The number of nitrogens with zero attached hydrogens (tertiary/aromatic N) is 1. The van der Waals surface area contributed by atoms with Crippen molar-refractivity contribution in [3.05, 3.63) is 40.3 Å². The Hall–Kier alpha value is -2.41. The molecule has 6 nitrogen and oxygen atoms in total. The van der Waals surface area contributed by atoms with Crippen LogP contribution in [0, 0.1) is 0 Å². The predicted molar refractivity (Wildman–Crippen MR) is 78.8 cm³/mol. The fraction of sp³-hybridized carbons (Fsp3) is 0.214. The fourth-order valence-electron chi connectivity index (χ4n) is 1.68. The third-order valence-electron chi connectivity index (χ3n) is 2.62. The number of carbonyl (C=O) groups excluding carboxylic acids is 1. The van der Waals surface area contributed by atoms with Crippen LogP contribution in [0.3, 0.4) is 0 Å². The molecule has 0 unspecified atom stereocenters. The summed E-state index contributed by atoms with van der Waals surface area (Å²) in [7, 11) is 1.57. The minimum absolute atomic E-state index is 0.121. The lowest BCUT2D eigenvalue weighted by Crippen LogP contribution is -2.14. The molecular weight excluding hydrogens is 292 g/mol. The Balaban J connectivity index is 1.91. The summed E-state index contributed by atoms with van der Waals surface area (Å²) in [5.74, 6) is -0.419. The van der Waals surface area contributed by atoms with Gasteiger partial charge >= 0.3 is 5.97 Å². The average molecular weight is 306 g/mol. The van der Waals surface area contributed by atoms with Gasteiger partial charge in [0.05, 0.1) is 25.6 Å². The predicted octanol–water partition coefficient (Wildman–Crippen LogP) is 1.96. The van der Waals surface area contributed by atoms with Crippen molar-refractivity contribution in [2.24, 2.45) is 0 Å². The van der Waals surface area contributed by atoms with E-state index in [0.29, 0.717) is 22.1 Å². The van der Waals surface area contributed by atoms with Crippen LogP contribution in [-0.4, -0.2) is 29.1 Å². The molecule has 1 aromatic heterocycles. The standard InChI is InChI=1S/C14H14N2O4S/c1-20-11-4-2-9(3-5-11)15-12(17)7-13-16-10(8-21-13)6-14(18)19/h2-5,8H,6-7H2,1H3,(H,15,17)(H,18,19). The first-order valence-electron chi connectivity index (χ1n) is 6.16. The van der Waals surface area contributed by atoms with Crippen LogP contribution >= 0.6 is 11.3 Å². The highest BCUT2D eigenvalue weighted by molar-refractivity contribution is 7.09. The van der Waals surface area contributed by atoms with Crippen LogP contribution in [0.4, 0.5) is 5.69 Å². The minimum Gasteiger partial charge on any atom is -0.497 e. The zero-order valence-electron chi connectivity index (χ0n) is 11.3. The summed E-state index contributed by atoms with van der Waals surface area (Å²) >= 11 is 1.28. The number of methoxy groups -OCH3 is 1. The lowest BCUT2D eigenvalue weighted by molar-refractivity contribution is -0.136. The Morgan fingerprint density at radius 2 is 2.00 bits per heavy atom. The Bertz CT molecular complexity index is 637. The number of benzene rings is 1. The summed E-state index contributed by atoms with van der Waals surface area (Å²) in [6.07, 6.45) is -0.00703. The van der Waals surface area contributed by atoms with Gasteiger partial charge in [0, 0.05) is 11.1 Å². The first-order chi connectivity index (χ1) is 10.1. The van der Waals surface area contributed by atoms with Crippen molar-refractivity contribution in [1.82, 2.24) is 4.98 Å². The van der Waals surface area contributed by atoms with Crippen LogP contribution in [0.1, 0.15) is 10.7 Å². The number of amides is 1. The molecule has 1 heterocycles. The quantitative estimate of drug-likeness (QED) is 0.851. The normalized spacial score (nSPS) is 10.1. The molecular formula is C14H14N2O4S. The molecule has 0 fully saturated rings. The van der Waals surface area contributed by atoms with Gasteiger partial charge in [-0.05, 0) is 24.3 Å². The monoisotopic (exact) mass is 306 g/mol. The number of carbonyl (C=O) groups is 2. The van der Waals surface area contributed by atoms with E-state index in [4.69, 9.17) is 9.84 Å². The molecule has 110 valence electrons. The smallest absolute Gasteiger partial charge is 0.309 e. The van der Waals surface area contributed by atoms with Gasteiger partial charge in [0.25, 0.3) is 0 Å². The van der Waals surface area contributed by atoms with Crippen molar-refractivity contribution in [1.29, 1.82) is 0 Å². The molecule has 0 aliphatic rings. The number of carboxylic acid groups (broad SMARTS) is 1. The Morgan fingerprint density at radius 3 is 2.62 bits per heavy atom. The summed E-state index contributed by atoms with van der Waals surface area (Å²) in [5.41, 5.74) is 1.14. The molecule has 0 aliphatic heterocycles. The third-order valence-corrected chi connectivity index (χ3v) is 3.51. The van der Waals surface area contributed by atoms with Gasteiger partial charge in [0.2, 0.25) is 5.91 Å². The average Bonchev–Trinajstić information content (AvgIpc) is 2.85. The molecule has 0 saturated heterocycles. The molecule has 0 saturated carbocycles. The van der Waals surface area contributed by atoms with E-state index in [1.807, 2.05) is 0 Å². The zero-order valence-corrected chi connectivity index (χ0v) is 12.1. The number of thiazole rings is 1. The van der Waals surface area contributed by atoms with Gasteiger partial charge in [-0.3, -0.25) is 9.59 Å². The lowest BCUT2D eigenvalue weighted by atomic mass is 10.3. The van der Waals surface area contributed by atoms with E-state index in [-0.39, 0.29) is 18.7 Å². The van der Waals surface area contributed by atoms with Gasteiger partial charge < -0.3 is 15.2 Å². The summed E-state index contributed by atoms with van der Waals surface area (Å²) in [6, 6.07) is 7.00. The van der Waals surface area contributed by atoms with Crippen LogP contribution in [0.5, 0.6) is 5.75 Å². The zero-order chi connectivity index (χ0) is 15.2. The van der Waals surface area contributed by atoms with Crippen molar-refractivity contribution in [3.63, 3.8) is 0 Å². The Morgan fingerprint density at radius 1 is 1.29 bits per heavy atom. The van der Waals surface area contributed by atoms with Crippen LogP contribution in [0.2, 0.25) is 0 Å². The number of carboxylic acids is 1. The van der Waals surface area contributed by atoms with E-state index in [0.717, 1.165) is 0 Å². The van der Waals surface area contributed by atoms with Crippen LogP contribution in [0.15, 0.2) is 29.6 Å². The number of hydrogen-bond acceptors (Lipinski definition) is 5. The molecule has 0 bridgehead atoms. The molecule has 0 spiro atoms. The first kappa shape index (κ1) is 15.0. The molecule has 21 heavy (non-hydrogen) atoms. The molecule has 0 atom stereocenters. The number of nitrogens with one attached hydrogen (secondary N) is 1. The molecule has 1 amide bonds. The SMILES string of the molecule is COc1ccc(NC(=O)Cc2nc(CC(=O)O)cs2)cc1. The Labute approximate surface area is 125 Å². The topological polar surface area (TPSA) is 88.5 Å². The van der Waals surface area contributed by atoms with Gasteiger partial charge in [0.1, 0.15) is 10.8 Å². The number of anilines is 1. The van der Waals surface area contributed by atoms with E-state index >= 15 is 0 Å².